The van der Waals surface area contributed by atoms with Crippen LogP contribution >= 0.6 is 0 Å². The van der Waals surface area contributed by atoms with E-state index in [0.717, 1.165) is 35.0 Å². The molecule has 37 heavy (non-hydrogen) atoms. The zero-order chi connectivity index (χ0) is 25.9. The molecule has 2 aromatic heterocycles. The number of amides is 1. The van der Waals surface area contributed by atoms with Crippen molar-refractivity contribution in [2.24, 2.45) is 18.9 Å². The maximum atomic E-state index is 12.7. The number of aromatic nitrogens is 3. The van der Waals surface area contributed by atoms with Gasteiger partial charge in [-0.05, 0) is 37.5 Å². The van der Waals surface area contributed by atoms with Crippen molar-refractivity contribution in [3.63, 3.8) is 0 Å². The lowest BCUT2D eigenvalue weighted by Gasteiger charge is -2.46. The first kappa shape index (κ1) is 24.2. The molecule has 1 saturated carbocycles. The third-order valence-electron chi connectivity index (χ3n) is 7.61. The number of carbonyl (C=O) groups excluding carboxylic acids is 1. The molecule has 2 bridgehead atoms. The number of nitrogens with zero attached hydrogens (tertiary/aromatic N) is 4. The van der Waals surface area contributed by atoms with Gasteiger partial charge in [-0.3, -0.25) is 0 Å². The minimum Gasteiger partial charge on any atom is -0.472 e. The van der Waals surface area contributed by atoms with Crippen molar-refractivity contribution in [3.8, 4) is 17.0 Å². The molecule has 2 saturated heterocycles. The SMILES string of the molecule is Cn1cc(-c2ccc(S(C)(=O)=O)cc2)c2ncnc(OC3C4COCC3CN(C(=O)OC3(C)CC3)C4)c21. The molecule has 4 heterocycles. The van der Waals surface area contributed by atoms with Crippen molar-refractivity contribution in [2.45, 2.75) is 36.4 Å². The first-order valence-electron chi connectivity index (χ1n) is 12.4. The van der Waals surface area contributed by atoms with Crippen LogP contribution in [0, 0.1) is 11.8 Å². The van der Waals surface area contributed by atoms with E-state index in [9.17, 15) is 13.2 Å². The van der Waals surface area contributed by atoms with Crippen LogP contribution in [0.4, 0.5) is 4.79 Å². The van der Waals surface area contributed by atoms with Crippen LogP contribution in [0.2, 0.25) is 0 Å². The fraction of sp³-hybridized carbons (Fsp3) is 0.500. The van der Waals surface area contributed by atoms with Gasteiger partial charge in [0.2, 0.25) is 5.88 Å². The Morgan fingerprint density at radius 1 is 1.11 bits per heavy atom. The summed E-state index contributed by atoms with van der Waals surface area (Å²) in [6.07, 6.45) is 6.05. The smallest absolute Gasteiger partial charge is 0.410 e. The monoisotopic (exact) mass is 526 g/mol. The quantitative estimate of drug-likeness (QED) is 0.499. The van der Waals surface area contributed by atoms with Gasteiger partial charge in [0, 0.05) is 50.0 Å². The van der Waals surface area contributed by atoms with Crippen molar-refractivity contribution in [3.05, 3.63) is 36.8 Å². The van der Waals surface area contributed by atoms with Gasteiger partial charge in [0.25, 0.3) is 0 Å². The summed E-state index contributed by atoms with van der Waals surface area (Å²) in [6, 6.07) is 6.77. The number of benzene rings is 1. The number of rotatable bonds is 5. The Hall–Kier alpha value is -3.18. The summed E-state index contributed by atoms with van der Waals surface area (Å²) in [6.45, 7) is 3.99. The molecule has 1 amide bonds. The summed E-state index contributed by atoms with van der Waals surface area (Å²) in [5.74, 6) is 0.482. The molecule has 6 rings (SSSR count). The Kier molecular flexibility index (Phi) is 5.68. The van der Waals surface area contributed by atoms with Gasteiger partial charge >= 0.3 is 6.09 Å². The van der Waals surface area contributed by atoms with Gasteiger partial charge in [-0.15, -0.1) is 0 Å². The Morgan fingerprint density at radius 3 is 2.41 bits per heavy atom. The van der Waals surface area contributed by atoms with E-state index in [1.807, 2.05) is 24.7 Å². The van der Waals surface area contributed by atoms with E-state index >= 15 is 0 Å². The molecule has 0 N–H and O–H groups in total. The minimum absolute atomic E-state index is 0.000324. The summed E-state index contributed by atoms with van der Waals surface area (Å²) in [7, 11) is -1.37. The molecule has 0 radical (unpaired) electrons. The number of ether oxygens (including phenoxy) is 3. The van der Waals surface area contributed by atoms with Crippen molar-refractivity contribution < 1.29 is 27.4 Å². The van der Waals surface area contributed by atoms with Gasteiger partial charge in [0.05, 0.1) is 18.1 Å². The largest absolute Gasteiger partial charge is 0.472 e. The number of fused-ring (bicyclic) bond motifs is 3. The van der Waals surface area contributed by atoms with Gasteiger partial charge in [0.15, 0.2) is 9.84 Å². The number of aryl methyl sites for hydroxylation is 1. The lowest BCUT2D eigenvalue weighted by atomic mass is 9.84. The molecule has 1 aromatic carbocycles. The number of carbonyl (C=O) groups is 1. The molecule has 2 aliphatic heterocycles. The van der Waals surface area contributed by atoms with Crippen LogP contribution in [0.15, 0.2) is 41.7 Å². The fourth-order valence-corrected chi connectivity index (χ4v) is 5.93. The standard InChI is InChI=1S/C26H30N4O6S/c1-26(8-9-26)36-25(31)30-10-17-13-34-14-18(11-30)23(17)35-24-22-21(27-15-28-24)20(12-29(22)2)16-4-6-19(7-5-16)37(3,32)33/h4-7,12,15,17-18,23H,8-11,13-14H2,1-3H3. The highest BCUT2D eigenvalue weighted by Gasteiger charge is 2.47. The molecular formula is C26H30N4O6S. The second kappa shape index (κ2) is 8.70. The second-order valence-corrected chi connectivity index (χ2v) is 12.7. The molecule has 3 fully saturated rings. The van der Waals surface area contributed by atoms with E-state index in [0.29, 0.717) is 32.2 Å². The van der Waals surface area contributed by atoms with Crippen molar-refractivity contribution in [2.75, 3.05) is 32.6 Å². The van der Waals surface area contributed by atoms with E-state index < -0.39 is 9.84 Å². The predicted octanol–water partition coefficient (Wildman–Crippen LogP) is 3.05. The third kappa shape index (κ3) is 4.54. The Labute approximate surface area is 215 Å². The van der Waals surface area contributed by atoms with Crippen molar-refractivity contribution >= 4 is 27.0 Å². The average molecular weight is 527 g/mol. The highest BCUT2D eigenvalue weighted by atomic mass is 32.2. The van der Waals surface area contributed by atoms with Gasteiger partial charge in [-0.2, -0.15) is 4.98 Å². The van der Waals surface area contributed by atoms with Crippen LogP contribution in [0.5, 0.6) is 5.88 Å². The number of hydrogen-bond acceptors (Lipinski definition) is 8. The van der Waals surface area contributed by atoms with E-state index in [1.54, 1.807) is 29.2 Å². The summed E-state index contributed by atoms with van der Waals surface area (Å²) in [5.41, 5.74) is 2.88. The molecule has 11 heteroatoms. The van der Waals surface area contributed by atoms with Crippen LogP contribution in [0.3, 0.4) is 0 Å². The Morgan fingerprint density at radius 2 is 1.78 bits per heavy atom. The van der Waals surface area contributed by atoms with E-state index in [4.69, 9.17) is 14.2 Å². The van der Waals surface area contributed by atoms with Crippen LogP contribution in [0.1, 0.15) is 19.8 Å². The van der Waals surface area contributed by atoms with Crippen LogP contribution in [-0.4, -0.2) is 78.2 Å². The Bertz CT molecular complexity index is 1450. The predicted molar refractivity (Wildman–Crippen MR) is 135 cm³/mol. The van der Waals surface area contributed by atoms with Gasteiger partial charge in [-0.25, -0.2) is 18.2 Å². The zero-order valence-corrected chi connectivity index (χ0v) is 21.9. The van der Waals surface area contributed by atoms with Crippen molar-refractivity contribution in [1.82, 2.24) is 19.4 Å². The lowest BCUT2D eigenvalue weighted by Crippen LogP contribution is -2.59. The number of piperidine rings is 1. The fourth-order valence-electron chi connectivity index (χ4n) is 5.30. The number of sulfone groups is 1. The number of hydrogen-bond donors (Lipinski definition) is 0. The molecule has 1 aliphatic carbocycles. The van der Waals surface area contributed by atoms with Crippen LogP contribution < -0.4 is 4.74 Å². The van der Waals surface area contributed by atoms with Crippen LogP contribution in [0.25, 0.3) is 22.2 Å². The molecule has 0 spiro atoms. The number of likely N-dealkylation sites (tertiary alicyclic amines) is 1. The van der Waals surface area contributed by atoms with E-state index in [-0.39, 0.29) is 34.5 Å². The van der Waals surface area contributed by atoms with Gasteiger partial charge < -0.3 is 23.7 Å². The molecule has 2 unspecified atom stereocenters. The summed E-state index contributed by atoms with van der Waals surface area (Å²) in [4.78, 5) is 23.8. The molecule has 196 valence electrons. The molecule has 3 aromatic rings. The summed E-state index contributed by atoms with van der Waals surface area (Å²) < 4.78 is 43.7. The summed E-state index contributed by atoms with van der Waals surface area (Å²) >= 11 is 0. The highest BCUT2D eigenvalue weighted by molar-refractivity contribution is 7.90. The summed E-state index contributed by atoms with van der Waals surface area (Å²) in [5, 5.41) is 0. The van der Waals surface area contributed by atoms with E-state index in [1.165, 1.54) is 12.6 Å². The van der Waals surface area contributed by atoms with Crippen molar-refractivity contribution in [1.29, 1.82) is 0 Å². The molecule has 10 nitrogen and oxygen atoms in total. The average Bonchev–Trinajstić information content (AvgIpc) is 3.47. The molecule has 3 aliphatic rings. The topological polar surface area (TPSA) is 113 Å². The first-order chi connectivity index (χ1) is 17.6. The maximum absolute atomic E-state index is 12.7. The first-order valence-corrected chi connectivity index (χ1v) is 14.3. The second-order valence-electron chi connectivity index (χ2n) is 10.7. The minimum atomic E-state index is -3.28. The molecule has 2 atom stereocenters. The third-order valence-corrected chi connectivity index (χ3v) is 8.74. The van der Waals surface area contributed by atoms with Crippen LogP contribution in [-0.2, 0) is 26.4 Å². The van der Waals surface area contributed by atoms with E-state index in [2.05, 4.69) is 9.97 Å². The Balaban J connectivity index is 1.26. The molecular weight excluding hydrogens is 496 g/mol. The zero-order valence-electron chi connectivity index (χ0n) is 21.1. The normalized spacial score (nSPS) is 24.6. The van der Waals surface area contributed by atoms with Gasteiger partial charge in [-0.1, -0.05) is 12.1 Å². The van der Waals surface area contributed by atoms with Gasteiger partial charge in [0.1, 0.15) is 29.1 Å². The maximum Gasteiger partial charge on any atom is 0.410 e. The highest BCUT2D eigenvalue weighted by Crippen LogP contribution is 2.40. The lowest BCUT2D eigenvalue weighted by molar-refractivity contribution is -0.111.